The highest BCUT2D eigenvalue weighted by molar-refractivity contribution is 5.85. The molecule has 70 valence electrons. The Morgan fingerprint density at radius 2 is 2.08 bits per heavy atom. The molecule has 1 rings (SSSR count). The first-order valence-electron chi connectivity index (χ1n) is 3.92. The molecule has 1 aromatic rings. The minimum atomic E-state index is -0.0699. The van der Waals surface area contributed by atoms with Crippen molar-refractivity contribution in [3.8, 4) is 6.07 Å². The van der Waals surface area contributed by atoms with E-state index >= 15 is 0 Å². The molecule has 2 nitrogen and oxygen atoms in total. The summed E-state index contributed by atoms with van der Waals surface area (Å²) in [5, 5.41) is 8.84. The number of nitrogens with two attached hydrogens (primary N) is 1. The van der Waals surface area contributed by atoms with Crippen LogP contribution in [0.4, 0.5) is 0 Å². The Hall–Kier alpha value is -1.04. The summed E-state index contributed by atoms with van der Waals surface area (Å²) in [5.74, 6) is 0. The average Bonchev–Trinajstić information content (AvgIpc) is 2.03. The fourth-order valence-electron chi connectivity index (χ4n) is 1.22. The maximum absolute atomic E-state index is 8.84. The molecule has 0 unspecified atom stereocenters. The van der Waals surface area contributed by atoms with E-state index in [0.717, 1.165) is 11.1 Å². The summed E-state index contributed by atoms with van der Waals surface area (Å²) in [5.41, 5.74) is 8.34. The van der Waals surface area contributed by atoms with Crippen LogP contribution in [-0.4, -0.2) is 0 Å². The van der Waals surface area contributed by atoms with Crippen LogP contribution in [0.3, 0.4) is 0 Å². The van der Waals surface area contributed by atoms with Crippen LogP contribution in [-0.2, 0) is 0 Å². The van der Waals surface area contributed by atoms with E-state index in [0.29, 0.717) is 5.56 Å². The van der Waals surface area contributed by atoms with E-state index in [1.807, 2.05) is 32.0 Å². The number of rotatable bonds is 1. The normalized spacial score (nSPS) is 11.2. The number of hydrogen-bond donors (Lipinski definition) is 1. The number of aryl methyl sites for hydroxylation is 1. The van der Waals surface area contributed by atoms with Crippen molar-refractivity contribution in [2.45, 2.75) is 19.9 Å². The second-order valence-electron chi connectivity index (χ2n) is 2.94. The molecule has 1 aromatic carbocycles. The Bertz CT molecular complexity index is 326. The van der Waals surface area contributed by atoms with Gasteiger partial charge in [-0.3, -0.25) is 0 Å². The van der Waals surface area contributed by atoms with Crippen LogP contribution < -0.4 is 5.73 Å². The van der Waals surface area contributed by atoms with Gasteiger partial charge in [-0.1, -0.05) is 18.2 Å². The molecule has 0 spiro atoms. The van der Waals surface area contributed by atoms with Gasteiger partial charge in [0.25, 0.3) is 0 Å². The van der Waals surface area contributed by atoms with E-state index < -0.39 is 0 Å². The van der Waals surface area contributed by atoms with Gasteiger partial charge in [0, 0.05) is 6.04 Å². The zero-order valence-electron chi connectivity index (χ0n) is 7.74. The minimum Gasteiger partial charge on any atom is -0.324 e. The fourth-order valence-corrected chi connectivity index (χ4v) is 1.22. The van der Waals surface area contributed by atoms with Crippen LogP contribution in [0.2, 0.25) is 0 Å². The molecule has 0 amide bonds. The van der Waals surface area contributed by atoms with Crippen LogP contribution >= 0.6 is 12.4 Å². The molecule has 2 N–H and O–H groups in total. The average molecular weight is 197 g/mol. The van der Waals surface area contributed by atoms with Gasteiger partial charge in [-0.25, -0.2) is 0 Å². The SMILES string of the molecule is Cc1cccc([C@@H](C)N)c1C#N.Cl. The maximum Gasteiger partial charge on any atom is 0.0997 e. The van der Waals surface area contributed by atoms with E-state index in [4.69, 9.17) is 11.0 Å². The van der Waals surface area contributed by atoms with E-state index in [9.17, 15) is 0 Å². The van der Waals surface area contributed by atoms with Gasteiger partial charge < -0.3 is 5.73 Å². The molecule has 0 saturated heterocycles. The topological polar surface area (TPSA) is 49.8 Å². The lowest BCUT2D eigenvalue weighted by Crippen LogP contribution is -2.07. The fraction of sp³-hybridized carbons (Fsp3) is 0.300. The first kappa shape index (κ1) is 12.0. The molecule has 0 heterocycles. The van der Waals surface area contributed by atoms with E-state index in [2.05, 4.69) is 6.07 Å². The van der Waals surface area contributed by atoms with Gasteiger partial charge in [0.05, 0.1) is 11.6 Å². The van der Waals surface area contributed by atoms with Gasteiger partial charge in [-0.15, -0.1) is 12.4 Å². The Balaban J connectivity index is 0.00000144. The lowest BCUT2D eigenvalue weighted by molar-refractivity contribution is 0.813. The molecule has 0 radical (unpaired) electrons. The van der Waals surface area contributed by atoms with Gasteiger partial charge in [0.1, 0.15) is 0 Å². The van der Waals surface area contributed by atoms with Crippen LogP contribution in [0.15, 0.2) is 18.2 Å². The monoisotopic (exact) mass is 196 g/mol. The lowest BCUT2D eigenvalue weighted by atomic mass is 9.99. The van der Waals surface area contributed by atoms with E-state index in [1.165, 1.54) is 0 Å². The van der Waals surface area contributed by atoms with Crippen molar-refractivity contribution < 1.29 is 0 Å². The van der Waals surface area contributed by atoms with Gasteiger partial charge in [-0.2, -0.15) is 5.26 Å². The Kier molecular flexibility index (Phi) is 4.47. The van der Waals surface area contributed by atoms with Crippen molar-refractivity contribution >= 4 is 12.4 Å². The quantitative estimate of drug-likeness (QED) is 0.750. The molecule has 0 fully saturated rings. The molecule has 0 aliphatic heterocycles. The summed E-state index contributed by atoms with van der Waals surface area (Å²) in [6.07, 6.45) is 0. The smallest absolute Gasteiger partial charge is 0.0997 e. The lowest BCUT2D eigenvalue weighted by Gasteiger charge is -2.08. The van der Waals surface area contributed by atoms with Crippen LogP contribution in [0.1, 0.15) is 29.7 Å². The number of halogens is 1. The number of hydrogen-bond acceptors (Lipinski definition) is 2. The summed E-state index contributed by atoms with van der Waals surface area (Å²) in [6, 6.07) is 7.84. The number of nitrogens with zero attached hydrogens (tertiary/aromatic N) is 1. The van der Waals surface area contributed by atoms with Gasteiger partial charge in [0.2, 0.25) is 0 Å². The molecule has 1 atom stereocenters. The summed E-state index contributed by atoms with van der Waals surface area (Å²) in [7, 11) is 0. The predicted molar refractivity (Wildman–Crippen MR) is 55.7 cm³/mol. The second-order valence-corrected chi connectivity index (χ2v) is 2.94. The third-order valence-corrected chi connectivity index (χ3v) is 1.91. The van der Waals surface area contributed by atoms with Crippen molar-refractivity contribution in [3.05, 3.63) is 34.9 Å². The molecule has 0 aliphatic carbocycles. The summed E-state index contributed by atoms with van der Waals surface area (Å²) in [4.78, 5) is 0. The Morgan fingerprint density at radius 3 is 2.46 bits per heavy atom. The molecular formula is C10H13ClN2. The van der Waals surface area contributed by atoms with E-state index in [1.54, 1.807) is 0 Å². The Labute approximate surface area is 84.8 Å². The molecular weight excluding hydrogens is 184 g/mol. The second kappa shape index (κ2) is 4.86. The summed E-state index contributed by atoms with van der Waals surface area (Å²) < 4.78 is 0. The molecule has 13 heavy (non-hydrogen) atoms. The van der Waals surface area contributed by atoms with Crippen molar-refractivity contribution in [2.24, 2.45) is 5.73 Å². The molecule has 3 heteroatoms. The van der Waals surface area contributed by atoms with Crippen LogP contribution in [0.25, 0.3) is 0 Å². The highest BCUT2D eigenvalue weighted by Crippen LogP contribution is 2.17. The van der Waals surface area contributed by atoms with E-state index in [-0.39, 0.29) is 18.4 Å². The van der Waals surface area contributed by atoms with Gasteiger partial charge in [0.15, 0.2) is 0 Å². The van der Waals surface area contributed by atoms with Crippen molar-refractivity contribution in [2.75, 3.05) is 0 Å². The predicted octanol–water partition coefficient (Wildman–Crippen LogP) is 2.31. The standard InChI is InChI=1S/C10H12N2.ClH/c1-7-4-3-5-9(8(2)12)10(7)6-11;/h3-5,8H,12H2,1-2H3;1H/t8-;/m1./s1. The number of benzene rings is 1. The van der Waals surface area contributed by atoms with Crippen molar-refractivity contribution in [1.29, 1.82) is 5.26 Å². The molecule has 0 bridgehead atoms. The van der Waals surface area contributed by atoms with Crippen LogP contribution in [0.5, 0.6) is 0 Å². The first-order valence-corrected chi connectivity index (χ1v) is 3.92. The van der Waals surface area contributed by atoms with Crippen molar-refractivity contribution in [1.82, 2.24) is 0 Å². The summed E-state index contributed by atoms with van der Waals surface area (Å²) >= 11 is 0. The molecule has 0 aromatic heterocycles. The zero-order valence-corrected chi connectivity index (χ0v) is 8.56. The Morgan fingerprint density at radius 1 is 1.46 bits per heavy atom. The maximum atomic E-state index is 8.84. The van der Waals surface area contributed by atoms with Gasteiger partial charge >= 0.3 is 0 Å². The molecule has 0 saturated carbocycles. The summed E-state index contributed by atoms with van der Waals surface area (Å²) in [6.45, 7) is 3.81. The highest BCUT2D eigenvalue weighted by Gasteiger charge is 2.07. The first-order chi connectivity index (χ1) is 5.66. The number of nitriles is 1. The van der Waals surface area contributed by atoms with Gasteiger partial charge in [-0.05, 0) is 25.0 Å². The zero-order chi connectivity index (χ0) is 9.14. The third-order valence-electron chi connectivity index (χ3n) is 1.91. The van der Waals surface area contributed by atoms with Crippen molar-refractivity contribution in [3.63, 3.8) is 0 Å². The minimum absolute atomic E-state index is 0. The third kappa shape index (κ3) is 2.45. The van der Waals surface area contributed by atoms with Crippen LogP contribution in [0, 0.1) is 18.3 Å². The highest BCUT2D eigenvalue weighted by atomic mass is 35.5. The molecule has 0 aliphatic rings. The largest absolute Gasteiger partial charge is 0.324 e.